The van der Waals surface area contributed by atoms with Crippen molar-refractivity contribution in [2.24, 2.45) is 0 Å². The molecule has 0 atom stereocenters. The molecule has 0 aromatic heterocycles. The summed E-state index contributed by atoms with van der Waals surface area (Å²) in [5.41, 5.74) is 3.37. The van der Waals surface area contributed by atoms with Crippen LogP contribution in [0.25, 0.3) is 0 Å². The number of fused-ring (bicyclic) bond motifs is 1. The average Bonchev–Trinajstić information content (AvgIpc) is 2.70. The van der Waals surface area contributed by atoms with Crippen molar-refractivity contribution in [3.8, 4) is 0 Å². The molecule has 7 nitrogen and oxygen atoms in total. The first kappa shape index (κ1) is 18.4. The number of urea groups is 1. The Balaban J connectivity index is 1.42. The van der Waals surface area contributed by atoms with Crippen LogP contribution in [0.5, 0.6) is 0 Å². The molecule has 2 aromatic carbocycles. The summed E-state index contributed by atoms with van der Waals surface area (Å²) in [6.07, 6.45) is 0.808. The molecule has 0 unspecified atom stereocenters. The lowest BCUT2D eigenvalue weighted by Crippen LogP contribution is -2.46. The lowest BCUT2D eigenvalue weighted by molar-refractivity contribution is -0.120. The average molecular weight is 367 g/mol. The van der Waals surface area contributed by atoms with Crippen LogP contribution in [0.2, 0.25) is 0 Å². The Morgan fingerprint density at radius 1 is 0.963 bits per heavy atom. The van der Waals surface area contributed by atoms with E-state index in [1.54, 1.807) is 17.0 Å². The maximum Gasteiger partial charge on any atom is 0.335 e. The van der Waals surface area contributed by atoms with E-state index in [-0.39, 0.29) is 30.6 Å². The fourth-order valence-electron chi connectivity index (χ4n) is 2.97. The molecule has 1 aliphatic heterocycles. The van der Waals surface area contributed by atoms with Crippen molar-refractivity contribution in [3.05, 3.63) is 70.8 Å². The highest BCUT2D eigenvalue weighted by Crippen LogP contribution is 2.18. The third kappa shape index (κ3) is 4.84. The van der Waals surface area contributed by atoms with Crippen LogP contribution in [0.1, 0.15) is 27.0 Å². The Kier molecular flexibility index (Phi) is 5.71. The van der Waals surface area contributed by atoms with Gasteiger partial charge >= 0.3 is 12.0 Å². The van der Waals surface area contributed by atoms with Crippen molar-refractivity contribution < 1.29 is 19.5 Å². The van der Waals surface area contributed by atoms with Gasteiger partial charge in [0.15, 0.2) is 0 Å². The highest BCUT2D eigenvalue weighted by molar-refractivity contribution is 5.87. The van der Waals surface area contributed by atoms with Gasteiger partial charge in [0.1, 0.15) is 0 Å². The number of hydrogen-bond acceptors (Lipinski definition) is 3. The minimum atomic E-state index is -0.992. The van der Waals surface area contributed by atoms with Gasteiger partial charge in [0.05, 0.1) is 12.1 Å². The molecule has 0 fully saturated rings. The smallest absolute Gasteiger partial charge is 0.335 e. The molecule has 2 aromatic rings. The van der Waals surface area contributed by atoms with Gasteiger partial charge in [0.25, 0.3) is 0 Å². The van der Waals surface area contributed by atoms with Gasteiger partial charge in [0.2, 0.25) is 5.91 Å². The molecule has 3 amide bonds. The van der Waals surface area contributed by atoms with E-state index in [4.69, 9.17) is 5.11 Å². The van der Waals surface area contributed by atoms with E-state index in [1.165, 1.54) is 17.7 Å². The van der Waals surface area contributed by atoms with E-state index in [0.717, 1.165) is 17.5 Å². The van der Waals surface area contributed by atoms with Gasteiger partial charge < -0.3 is 20.6 Å². The maximum absolute atomic E-state index is 12.3. The van der Waals surface area contributed by atoms with Crippen LogP contribution in [0.15, 0.2) is 48.5 Å². The number of rotatable bonds is 5. The van der Waals surface area contributed by atoms with Gasteiger partial charge in [-0.3, -0.25) is 4.79 Å². The Bertz CT molecular complexity index is 849. The molecule has 3 N–H and O–H groups in total. The summed E-state index contributed by atoms with van der Waals surface area (Å²) in [5.74, 6) is -1.29. The maximum atomic E-state index is 12.3. The first-order valence-electron chi connectivity index (χ1n) is 8.71. The first-order chi connectivity index (χ1) is 13.0. The van der Waals surface area contributed by atoms with Crippen LogP contribution in [-0.4, -0.2) is 41.0 Å². The van der Waals surface area contributed by atoms with Gasteiger partial charge in [-0.2, -0.15) is 0 Å². The summed E-state index contributed by atoms with van der Waals surface area (Å²) in [6.45, 7) is 1.33. The van der Waals surface area contributed by atoms with Gasteiger partial charge in [-0.05, 0) is 35.2 Å². The Morgan fingerprint density at radius 3 is 2.37 bits per heavy atom. The van der Waals surface area contributed by atoms with Crippen molar-refractivity contribution >= 4 is 17.9 Å². The van der Waals surface area contributed by atoms with E-state index in [2.05, 4.69) is 16.7 Å². The Hall–Kier alpha value is -3.35. The molecule has 0 aliphatic carbocycles. The van der Waals surface area contributed by atoms with Crippen LogP contribution in [0.4, 0.5) is 4.79 Å². The lowest BCUT2D eigenvalue weighted by Gasteiger charge is -2.28. The van der Waals surface area contributed by atoms with Crippen molar-refractivity contribution in [1.82, 2.24) is 15.5 Å². The summed E-state index contributed by atoms with van der Waals surface area (Å²) >= 11 is 0. The normalized spacial score (nSPS) is 12.8. The number of benzene rings is 2. The molecule has 1 aliphatic rings. The number of carboxylic acid groups (broad SMARTS) is 1. The Labute approximate surface area is 157 Å². The summed E-state index contributed by atoms with van der Waals surface area (Å²) in [5, 5.41) is 14.2. The molecule has 0 radical (unpaired) electrons. The number of hydrogen-bond donors (Lipinski definition) is 3. The SMILES string of the molecule is O=C(CNC(=O)N1CCc2ccccc2C1)NCc1ccc(C(=O)O)cc1. The Morgan fingerprint density at radius 2 is 1.67 bits per heavy atom. The van der Waals surface area contributed by atoms with Crippen LogP contribution in [0, 0.1) is 0 Å². The van der Waals surface area contributed by atoms with Gasteiger partial charge in [0, 0.05) is 19.6 Å². The van der Waals surface area contributed by atoms with Crippen LogP contribution < -0.4 is 10.6 Å². The number of carbonyl (C=O) groups is 3. The second kappa shape index (κ2) is 8.35. The van der Waals surface area contributed by atoms with E-state index >= 15 is 0 Å². The summed E-state index contributed by atoms with van der Waals surface area (Å²) in [4.78, 5) is 36.7. The summed E-state index contributed by atoms with van der Waals surface area (Å²) in [7, 11) is 0. The topological polar surface area (TPSA) is 98.7 Å². The van der Waals surface area contributed by atoms with Crippen LogP contribution >= 0.6 is 0 Å². The molecular weight excluding hydrogens is 346 g/mol. The summed E-state index contributed by atoms with van der Waals surface area (Å²) in [6, 6.07) is 14.0. The second-order valence-corrected chi connectivity index (χ2v) is 6.38. The first-order valence-corrected chi connectivity index (χ1v) is 8.71. The minimum Gasteiger partial charge on any atom is -0.478 e. The quantitative estimate of drug-likeness (QED) is 0.750. The molecule has 0 bridgehead atoms. The highest BCUT2D eigenvalue weighted by atomic mass is 16.4. The predicted octanol–water partition coefficient (Wildman–Crippen LogP) is 1.77. The van der Waals surface area contributed by atoms with Crippen LogP contribution in [-0.2, 0) is 24.3 Å². The number of carbonyl (C=O) groups excluding carboxylic acids is 2. The van der Waals surface area contributed by atoms with Crippen molar-refractivity contribution in [3.63, 3.8) is 0 Å². The largest absolute Gasteiger partial charge is 0.478 e. The zero-order chi connectivity index (χ0) is 19.2. The number of carboxylic acids is 1. The number of nitrogens with one attached hydrogen (secondary N) is 2. The molecular formula is C20H21N3O4. The molecule has 1 heterocycles. The molecule has 7 heteroatoms. The minimum absolute atomic E-state index is 0.107. The monoisotopic (exact) mass is 367 g/mol. The predicted molar refractivity (Wildman–Crippen MR) is 99.2 cm³/mol. The molecule has 0 saturated heterocycles. The van der Waals surface area contributed by atoms with E-state index in [0.29, 0.717) is 13.1 Å². The van der Waals surface area contributed by atoms with Gasteiger partial charge in [-0.15, -0.1) is 0 Å². The fraction of sp³-hybridized carbons (Fsp3) is 0.250. The van der Waals surface area contributed by atoms with E-state index < -0.39 is 5.97 Å². The third-order valence-electron chi connectivity index (χ3n) is 4.51. The number of nitrogens with zero attached hydrogens (tertiary/aromatic N) is 1. The van der Waals surface area contributed by atoms with Gasteiger partial charge in [-0.1, -0.05) is 36.4 Å². The summed E-state index contributed by atoms with van der Waals surface area (Å²) < 4.78 is 0. The second-order valence-electron chi connectivity index (χ2n) is 6.38. The molecule has 27 heavy (non-hydrogen) atoms. The molecule has 0 saturated carbocycles. The van der Waals surface area contributed by atoms with Crippen LogP contribution in [0.3, 0.4) is 0 Å². The van der Waals surface area contributed by atoms with Crippen molar-refractivity contribution in [1.29, 1.82) is 0 Å². The number of aromatic carboxylic acids is 1. The molecule has 0 spiro atoms. The third-order valence-corrected chi connectivity index (χ3v) is 4.51. The standard InChI is InChI=1S/C20H21N3O4/c24-18(21-11-14-5-7-16(8-6-14)19(25)26)12-22-20(27)23-10-9-15-3-1-2-4-17(15)13-23/h1-8H,9-13H2,(H,21,24)(H,22,27)(H,25,26). The van der Waals surface area contributed by atoms with Crippen molar-refractivity contribution in [2.45, 2.75) is 19.5 Å². The number of amides is 3. The van der Waals surface area contributed by atoms with Crippen molar-refractivity contribution in [2.75, 3.05) is 13.1 Å². The van der Waals surface area contributed by atoms with E-state index in [9.17, 15) is 14.4 Å². The zero-order valence-corrected chi connectivity index (χ0v) is 14.8. The lowest BCUT2D eigenvalue weighted by atomic mass is 10.0. The highest BCUT2D eigenvalue weighted by Gasteiger charge is 2.20. The van der Waals surface area contributed by atoms with Gasteiger partial charge in [-0.25, -0.2) is 9.59 Å². The fourth-order valence-corrected chi connectivity index (χ4v) is 2.97. The molecule has 140 valence electrons. The zero-order valence-electron chi connectivity index (χ0n) is 14.8. The molecule has 3 rings (SSSR count). The van der Waals surface area contributed by atoms with E-state index in [1.807, 2.05) is 18.2 Å².